The smallest absolute Gasteiger partial charge is 0.331 e. The Bertz CT molecular complexity index is 161. The Morgan fingerprint density at radius 3 is 2.70 bits per heavy atom. The highest BCUT2D eigenvalue weighted by molar-refractivity contribution is 8.05. The minimum atomic E-state index is -0.327. The normalized spacial score (nSPS) is 10.8. The second kappa shape index (κ2) is 5.11. The molecule has 0 saturated heterocycles. The summed E-state index contributed by atoms with van der Waals surface area (Å²) < 4.78 is 4.40. The van der Waals surface area contributed by atoms with Gasteiger partial charge >= 0.3 is 5.97 Å². The Balaban J connectivity index is 3.88. The van der Waals surface area contributed by atoms with E-state index in [9.17, 15) is 4.79 Å². The third-order valence-electron chi connectivity index (χ3n) is 0.792. The first-order valence-corrected chi connectivity index (χ1v) is 3.62. The molecule has 0 fully saturated rings. The van der Waals surface area contributed by atoms with Crippen molar-refractivity contribution in [3.8, 4) is 0 Å². The van der Waals surface area contributed by atoms with Crippen LogP contribution >= 0.6 is 11.8 Å². The summed E-state index contributed by atoms with van der Waals surface area (Å²) in [5.41, 5.74) is 0. The summed E-state index contributed by atoms with van der Waals surface area (Å²) in [5.74, 6) is -0.327. The molecule has 0 aromatic rings. The average Bonchev–Trinajstić information content (AvgIpc) is 1.88. The minimum absolute atomic E-state index is 0.327. The van der Waals surface area contributed by atoms with Crippen LogP contribution in [0.5, 0.6) is 0 Å². The van der Waals surface area contributed by atoms with Crippen molar-refractivity contribution in [2.75, 3.05) is 7.11 Å². The van der Waals surface area contributed by atoms with E-state index in [0.717, 1.165) is 4.91 Å². The molecule has 0 atom stereocenters. The predicted octanol–water partition coefficient (Wildman–Crippen LogP) is 1.94. The number of carbonyl (C=O) groups excluding carboxylic acids is 1. The zero-order valence-electron chi connectivity index (χ0n) is 6.09. The number of esters is 1. The number of carbonyl (C=O) groups is 1. The van der Waals surface area contributed by atoms with E-state index >= 15 is 0 Å². The van der Waals surface area contributed by atoms with E-state index in [1.807, 2.05) is 6.92 Å². The monoisotopic (exact) mass is 158 g/mol. The number of thioether (sulfide) groups is 1. The van der Waals surface area contributed by atoms with Gasteiger partial charge in [0.05, 0.1) is 7.11 Å². The quantitative estimate of drug-likeness (QED) is 0.464. The van der Waals surface area contributed by atoms with Crippen LogP contribution in [0.4, 0.5) is 0 Å². The molecule has 0 aromatic carbocycles. The fourth-order valence-electron chi connectivity index (χ4n) is 0.390. The van der Waals surface area contributed by atoms with Crippen molar-refractivity contribution in [3.05, 3.63) is 23.0 Å². The zero-order valence-corrected chi connectivity index (χ0v) is 6.90. The van der Waals surface area contributed by atoms with Crippen molar-refractivity contribution in [1.29, 1.82) is 0 Å². The fourth-order valence-corrected chi connectivity index (χ4v) is 0.818. The number of allylic oxidation sites excluding steroid dienone is 1. The van der Waals surface area contributed by atoms with E-state index in [1.54, 1.807) is 5.41 Å². The highest BCUT2D eigenvalue weighted by Gasteiger charge is 1.93. The van der Waals surface area contributed by atoms with E-state index in [4.69, 9.17) is 0 Å². The second-order valence-electron chi connectivity index (χ2n) is 1.56. The third kappa shape index (κ3) is 4.21. The first-order chi connectivity index (χ1) is 4.70. The van der Waals surface area contributed by atoms with Gasteiger partial charge in [-0.15, -0.1) is 11.8 Å². The number of hydrogen-bond donors (Lipinski definition) is 0. The first-order valence-electron chi connectivity index (χ1n) is 2.74. The Hall–Kier alpha value is -0.700. The van der Waals surface area contributed by atoms with E-state index in [1.165, 1.54) is 24.9 Å². The summed E-state index contributed by atoms with van der Waals surface area (Å²) >= 11 is 1.40. The number of hydrogen-bond acceptors (Lipinski definition) is 3. The second-order valence-corrected chi connectivity index (χ2v) is 2.78. The van der Waals surface area contributed by atoms with Crippen LogP contribution in [0, 0.1) is 0 Å². The van der Waals surface area contributed by atoms with Gasteiger partial charge in [0.2, 0.25) is 0 Å². The predicted molar refractivity (Wildman–Crippen MR) is 43.6 cm³/mol. The maximum Gasteiger partial charge on any atom is 0.331 e. The van der Waals surface area contributed by atoms with E-state index < -0.39 is 0 Å². The summed E-state index contributed by atoms with van der Waals surface area (Å²) in [5, 5.41) is 1.66. The highest BCUT2D eigenvalue weighted by atomic mass is 32.2. The maximum absolute atomic E-state index is 10.6. The summed E-state index contributed by atoms with van der Waals surface area (Å²) in [7, 11) is 1.35. The summed E-state index contributed by atoms with van der Waals surface area (Å²) in [6, 6.07) is 0. The largest absolute Gasteiger partial charge is 0.466 e. The van der Waals surface area contributed by atoms with E-state index in [-0.39, 0.29) is 5.97 Å². The number of ether oxygens (including phenoxy) is 1. The summed E-state index contributed by atoms with van der Waals surface area (Å²) in [6.45, 7) is 5.33. The van der Waals surface area contributed by atoms with Gasteiger partial charge in [-0.2, -0.15) is 0 Å². The van der Waals surface area contributed by atoms with Gasteiger partial charge in [0.1, 0.15) is 0 Å². The standard InChI is InChI=1S/C7H10O2S/c1-4-10-6(2)5-7(8)9-3/h4-5H,1H2,2-3H3/b6-5+. The molecule has 0 saturated carbocycles. The summed E-state index contributed by atoms with van der Waals surface area (Å²) in [6.07, 6.45) is 1.42. The van der Waals surface area contributed by atoms with Crippen molar-refractivity contribution >= 4 is 17.7 Å². The van der Waals surface area contributed by atoms with E-state index in [0.29, 0.717) is 0 Å². The molecule has 0 aromatic heterocycles. The van der Waals surface area contributed by atoms with Crippen LogP contribution in [0.25, 0.3) is 0 Å². The van der Waals surface area contributed by atoms with Gasteiger partial charge in [-0.3, -0.25) is 0 Å². The van der Waals surface area contributed by atoms with Gasteiger partial charge in [-0.05, 0) is 17.2 Å². The molecule has 0 unspecified atom stereocenters. The van der Waals surface area contributed by atoms with Crippen LogP contribution in [-0.2, 0) is 9.53 Å². The lowest BCUT2D eigenvalue weighted by molar-refractivity contribution is -0.134. The fraction of sp³-hybridized carbons (Fsp3) is 0.286. The van der Waals surface area contributed by atoms with Gasteiger partial charge in [-0.1, -0.05) is 6.58 Å². The van der Waals surface area contributed by atoms with E-state index in [2.05, 4.69) is 11.3 Å². The molecule has 10 heavy (non-hydrogen) atoms. The number of rotatable bonds is 3. The van der Waals surface area contributed by atoms with Crippen molar-refractivity contribution in [2.24, 2.45) is 0 Å². The van der Waals surface area contributed by atoms with Crippen LogP contribution in [0.1, 0.15) is 6.92 Å². The molecule has 56 valence electrons. The van der Waals surface area contributed by atoms with Crippen LogP contribution in [0.15, 0.2) is 23.0 Å². The minimum Gasteiger partial charge on any atom is -0.466 e. The lowest BCUT2D eigenvalue weighted by Crippen LogP contribution is -1.94. The number of methoxy groups -OCH3 is 1. The molecular weight excluding hydrogens is 148 g/mol. The molecule has 0 rings (SSSR count). The SMILES string of the molecule is C=CS/C(C)=C/C(=O)OC. The Kier molecular flexibility index (Phi) is 4.76. The summed E-state index contributed by atoms with van der Waals surface area (Å²) in [4.78, 5) is 11.4. The van der Waals surface area contributed by atoms with Crippen molar-refractivity contribution in [1.82, 2.24) is 0 Å². The molecule has 0 bridgehead atoms. The zero-order chi connectivity index (χ0) is 7.98. The average molecular weight is 158 g/mol. The molecule has 0 amide bonds. The molecule has 0 heterocycles. The highest BCUT2D eigenvalue weighted by Crippen LogP contribution is 2.14. The Labute approximate surface area is 64.9 Å². The van der Waals surface area contributed by atoms with Gasteiger partial charge in [0.25, 0.3) is 0 Å². The van der Waals surface area contributed by atoms with Crippen LogP contribution in [0.3, 0.4) is 0 Å². The van der Waals surface area contributed by atoms with Crippen molar-refractivity contribution in [2.45, 2.75) is 6.92 Å². The molecule has 3 heteroatoms. The van der Waals surface area contributed by atoms with Gasteiger partial charge in [-0.25, -0.2) is 4.79 Å². The topological polar surface area (TPSA) is 26.3 Å². The maximum atomic E-state index is 10.6. The molecule has 0 spiro atoms. The Morgan fingerprint density at radius 1 is 1.70 bits per heavy atom. The van der Waals surface area contributed by atoms with Crippen LogP contribution in [-0.4, -0.2) is 13.1 Å². The molecule has 0 N–H and O–H groups in total. The Morgan fingerprint density at radius 2 is 2.30 bits per heavy atom. The van der Waals surface area contributed by atoms with Crippen molar-refractivity contribution in [3.63, 3.8) is 0 Å². The lowest BCUT2D eigenvalue weighted by atomic mass is 10.5. The van der Waals surface area contributed by atoms with Gasteiger partial charge < -0.3 is 4.74 Å². The molecular formula is C7H10O2S. The molecule has 0 aliphatic heterocycles. The van der Waals surface area contributed by atoms with Gasteiger partial charge in [0.15, 0.2) is 0 Å². The van der Waals surface area contributed by atoms with Crippen LogP contribution in [0.2, 0.25) is 0 Å². The van der Waals surface area contributed by atoms with Crippen LogP contribution < -0.4 is 0 Å². The van der Waals surface area contributed by atoms with Crippen molar-refractivity contribution < 1.29 is 9.53 Å². The van der Waals surface area contributed by atoms with Gasteiger partial charge in [0, 0.05) is 6.08 Å². The molecule has 2 nitrogen and oxygen atoms in total. The first kappa shape index (κ1) is 9.30. The lowest BCUT2D eigenvalue weighted by Gasteiger charge is -1.93. The molecule has 0 aliphatic rings. The third-order valence-corrected chi connectivity index (χ3v) is 1.45. The molecule has 0 radical (unpaired) electrons. The molecule has 0 aliphatic carbocycles.